The van der Waals surface area contributed by atoms with E-state index in [-0.39, 0.29) is 5.92 Å². The maximum atomic E-state index is 12.9. The predicted molar refractivity (Wildman–Crippen MR) is 97.2 cm³/mol. The van der Waals surface area contributed by atoms with Gasteiger partial charge in [0.25, 0.3) is 11.8 Å². The van der Waals surface area contributed by atoms with Crippen molar-refractivity contribution in [2.75, 3.05) is 12.4 Å². The van der Waals surface area contributed by atoms with Gasteiger partial charge in [0.15, 0.2) is 0 Å². The van der Waals surface area contributed by atoms with Crippen molar-refractivity contribution in [1.82, 2.24) is 4.90 Å². The summed E-state index contributed by atoms with van der Waals surface area (Å²) in [5.74, 6) is -0.939. The molecule has 0 aliphatic carbocycles. The minimum atomic E-state index is -0.909. The first-order chi connectivity index (χ1) is 12.4. The van der Waals surface area contributed by atoms with Gasteiger partial charge < -0.3 is 10.1 Å². The third kappa shape index (κ3) is 3.06. The second kappa shape index (κ2) is 7.00. The van der Waals surface area contributed by atoms with Gasteiger partial charge in [0.1, 0.15) is 11.8 Å². The second-order valence-electron chi connectivity index (χ2n) is 6.44. The van der Waals surface area contributed by atoms with Gasteiger partial charge >= 0.3 is 0 Å². The van der Waals surface area contributed by atoms with Crippen LogP contribution in [0.2, 0.25) is 0 Å². The third-order valence-electron chi connectivity index (χ3n) is 4.34. The number of carbonyl (C=O) groups excluding carboxylic acids is 3. The van der Waals surface area contributed by atoms with E-state index in [1.165, 1.54) is 7.11 Å². The SMILES string of the molecule is COc1cccc(NC(=O)C(C(C)C)N2C(=O)c3ccccc3C2=O)c1. The van der Waals surface area contributed by atoms with Gasteiger partial charge in [-0.05, 0) is 30.2 Å². The number of rotatable bonds is 5. The van der Waals surface area contributed by atoms with Gasteiger partial charge in [0.05, 0.1) is 18.2 Å². The zero-order valence-electron chi connectivity index (χ0n) is 14.9. The Labute approximate surface area is 151 Å². The van der Waals surface area contributed by atoms with Crippen LogP contribution < -0.4 is 10.1 Å². The molecule has 0 spiro atoms. The summed E-state index contributed by atoms with van der Waals surface area (Å²) in [6.45, 7) is 3.61. The summed E-state index contributed by atoms with van der Waals surface area (Å²) in [6, 6.07) is 12.6. The van der Waals surface area contributed by atoms with Crippen molar-refractivity contribution >= 4 is 23.4 Å². The molecule has 26 heavy (non-hydrogen) atoms. The largest absolute Gasteiger partial charge is 0.497 e. The van der Waals surface area contributed by atoms with Crippen LogP contribution in [0.25, 0.3) is 0 Å². The highest BCUT2D eigenvalue weighted by molar-refractivity contribution is 6.23. The summed E-state index contributed by atoms with van der Waals surface area (Å²) >= 11 is 0. The van der Waals surface area contributed by atoms with Gasteiger partial charge in [-0.25, -0.2) is 0 Å². The molecule has 1 aliphatic heterocycles. The van der Waals surface area contributed by atoms with Crippen molar-refractivity contribution in [2.45, 2.75) is 19.9 Å². The van der Waals surface area contributed by atoms with Crippen LogP contribution in [0.4, 0.5) is 5.69 Å². The number of methoxy groups -OCH3 is 1. The fourth-order valence-corrected chi connectivity index (χ4v) is 3.10. The van der Waals surface area contributed by atoms with Gasteiger partial charge in [0, 0.05) is 11.8 Å². The number of hydrogen-bond acceptors (Lipinski definition) is 4. The monoisotopic (exact) mass is 352 g/mol. The highest BCUT2D eigenvalue weighted by Crippen LogP contribution is 2.28. The van der Waals surface area contributed by atoms with Gasteiger partial charge in [-0.3, -0.25) is 19.3 Å². The molecule has 1 unspecified atom stereocenters. The Morgan fingerprint density at radius 3 is 2.15 bits per heavy atom. The second-order valence-corrected chi connectivity index (χ2v) is 6.44. The molecular formula is C20H20N2O4. The molecule has 0 fully saturated rings. The van der Waals surface area contributed by atoms with Crippen LogP contribution >= 0.6 is 0 Å². The van der Waals surface area contributed by atoms with E-state index in [1.54, 1.807) is 62.4 Å². The summed E-state index contributed by atoms with van der Waals surface area (Å²) < 4.78 is 5.15. The molecule has 1 aliphatic rings. The number of hydrogen-bond donors (Lipinski definition) is 1. The summed E-state index contributed by atoms with van der Waals surface area (Å²) in [6.07, 6.45) is 0. The zero-order valence-corrected chi connectivity index (χ0v) is 14.9. The Morgan fingerprint density at radius 2 is 1.62 bits per heavy atom. The number of nitrogens with one attached hydrogen (secondary N) is 1. The van der Waals surface area contributed by atoms with Crippen molar-refractivity contribution in [3.63, 3.8) is 0 Å². The topological polar surface area (TPSA) is 75.7 Å². The van der Waals surface area contributed by atoms with E-state index in [1.807, 2.05) is 0 Å². The average molecular weight is 352 g/mol. The van der Waals surface area contributed by atoms with Gasteiger partial charge in [-0.15, -0.1) is 0 Å². The average Bonchev–Trinajstić information content (AvgIpc) is 2.87. The summed E-state index contributed by atoms with van der Waals surface area (Å²) in [5, 5.41) is 2.78. The first kappa shape index (κ1) is 17.7. The Balaban J connectivity index is 1.89. The zero-order chi connectivity index (χ0) is 18.8. The summed E-state index contributed by atoms with van der Waals surface area (Å²) in [4.78, 5) is 39.4. The van der Waals surface area contributed by atoms with Crippen molar-refractivity contribution in [1.29, 1.82) is 0 Å². The molecule has 0 saturated carbocycles. The molecule has 0 radical (unpaired) electrons. The summed E-state index contributed by atoms with van der Waals surface area (Å²) in [7, 11) is 1.54. The molecule has 0 bridgehead atoms. The Kier molecular flexibility index (Phi) is 4.75. The lowest BCUT2D eigenvalue weighted by molar-refractivity contribution is -0.121. The van der Waals surface area contributed by atoms with E-state index in [2.05, 4.69) is 5.32 Å². The number of benzene rings is 2. The van der Waals surface area contributed by atoms with Crippen LogP contribution in [0.15, 0.2) is 48.5 Å². The third-order valence-corrected chi connectivity index (χ3v) is 4.34. The molecule has 0 saturated heterocycles. The number of imide groups is 1. The van der Waals surface area contributed by atoms with E-state index in [0.29, 0.717) is 22.6 Å². The number of amides is 3. The van der Waals surface area contributed by atoms with Crippen LogP contribution in [0.1, 0.15) is 34.6 Å². The molecule has 3 amide bonds. The van der Waals surface area contributed by atoms with Crippen molar-refractivity contribution in [3.05, 3.63) is 59.7 Å². The fourth-order valence-electron chi connectivity index (χ4n) is 3.10. The van der Waals surface area contributed by atoms with E-state index in [4.69, 9.17) is 4.74 Å². The number of carbonyl (C=O) groups is 3. The minimum absolute atomic E-state index is 0.247. The molecular weight excluding hydrogens is 332 g/mol. The van der Waals surface area contributed by atoms with Crippen molar-refractivity contribution in [3.8, 4) is 5.75 Å². The lowest BCUT2D eigenvalue weighted by atomic mass is 10.0. The first-order valence-corrected chi connectivity index (χ1v) is 8.36. The minimum Gasteiger partial charge on any atom is -0.497 e. The number of nitrogens with zero attached hydrogens (tertiary/aromatic N) is 1. The highest BCUT2D eigenvalue weighted by atomic mass is 16.5. The first-order valence-electron chi connectivity index (χ1n) is 8.36. The van der Waals surface area contributed by atoms with Crippen LogP contribution in [0, 0.1) is 5.92 Å². The van der Waals surface area contributed by atoms with Crippen molar-refractivity contribution in [2.24, 2.45) is 5.92 Å². The Bertz CT molecular complexity index is 841. The van der Waals surface area contributed by atoms with E-state index < -0.39 is 23.8 Å². The van der Waals surface area contributed by atoms with E-state index >= 15 is 0 Å². The van der Waals surface area contributed by atoms with Gasteiger partial charge in [0.2, 0.25) is 5.91 Å². The smallest absolute Gasteiger partial charge is 0.262 e. The molecule has 3 rings (SSSR count). The highest BCUT2D eigenvalue weighted by Gasteiger charge is 2.43. The quantitative estimate of drug-likeness (QED) is 0.840. The number of anilines is 1. The van der Waals surface area contributed by atoms with E-state index in [9.17, 15) is 14.4 Å². The standard InChI is InChI=1S/C20H20N2O4/c1-12(2)17(18(23)21-13-7-6-8-14(11-13)26-3)22-19(24)15-9-4-5-10-16(15)20(22)25/h4-12,17H,1-3H3,(H,21,23). The molecule has 6 nitrogen and oxygen atoms in total. The molecule has 1 heterocycles. The molecule has 6 heteroatoms. The normalized spacial score (nSPS) is 14.4. The summed E-state index contributed by atoms with van der Waals surface area (Å²) in [5.41, 5.74) is 1.20. The fraction of sp³-hybridized carbons (Fsp3) is 0.250. The molecule has 0 aromatic heterocycles. The number of fused-ring (bicyclic) bond motifs is 1. The van der Waals surface area contributed by atoms with Crippen LogP contribution in [-0.2, 0) is 4.79 Å². The van der Waals surface area contributed by atoms with Crippen molar-refractivity contribution < 1.29 is 19.1 Å². The van der Waals surface area contributed by atoms with Gasteiger partial charge in [-0.2, -0.15) is 0 Å². The molecule has 2 aromatic rings. The molecule has 2 aromatic carbocycles. The van der Waals surface area contributed by atoms with Crippen LogP contribution in [-0.4, -0.2) is 35.8 Å². The molecule has 134 valence electrons. The van der Waals surface area contributed by atoms with Crippen LogP contribution in [0.3, 0.4) is 0 Å². The number of ether oxygens (including phenoxy) is 1. The lowest BCUT2D eigenvalue weighted by Crippen LogP contribution is -2.50. The Hall–Kier alpha value is -3.15. The maximum absolute atomic E-state index is 12.9. The molecule has 1 atom stereocenters. The maximum Gasteiger partial charge on any atom is 0.262 e. The predicted octanol–water partition coefficient (Wildman–Crippen LogP) is 2.95. The van der Waals surface area contributed by atoms with Crippen LogP contribution in [0.5, 0.6) is 5.75 Å². The lowest BCUT2D eigenvalue weighted by Gasteiger charge is -2.28. The Morgan fingerprint density at radius 1 is 1.00 bits per heavy atom. The van der Waals surface area contributed by atoms with Gasteiger partial charge in [-0.1, -0.05) is 32.0 Å². The molecule has 1 N–H and O–H groups in total. The van der Waals surface area contributed by atoms with E-state index in [0.717, 1.165) is 4.90 Å².